The summed E-state index contributed by atoms with van der Waals surface area (Å²) >= 11 is 0. The van der Waals surface area contributed by atoms with Crippen molar-refractivity contribution in [1.82, 2.24) is 14.9 Å². The van der Waals surface area contributed by atoms with Crippen LogP contribution < -0.4 is 15.0 Å². The molecule has 2 amide bonds. The number of aromatic nitrogens is 2. The van der Waals surface area contributed by atoms with Gasteiger partial charge in [-0.15, -0.1) is 13.2 Å². The van der Waals surface area contributed by atoms with Gasteiger partial charge < -0.3 is 19.9 Å². The molecule has 0 unspecified atom stereocenters. The Morgan fingerprint density at radius 1 is 1.04 bits per heavy atom. The number of carbonyl (C=O) groups excluding carboxylic acids is 1. The van der Waals surface area contributed by atoms with E-state index in [0.717, 1.165) is 6.07 Å². The van der Waals surface area contributed by atoms with Crippen LogP contribution in [0.1, 0.15) is 0 Å². The molecule has 1 fully saturated rings. The molecule has 1 aromatic carbocycles. The number of ether oxygens (including phenoxy) is 1. The van der Waals surface area contributed by atoms with E-state index in [1.54, 1.807) is 18.5 Å². The molecule has 0 spiro atoms. The van der Waals surface area contributed by atoms with Crippen LogP contribution in [-0.4, -0.2) is 53.4 Å². The van der Waals surface area contributed by atoms with Gasteiger partial charge in [0.25, 0.3) is 0 Å². The summed E-state index contributed by atoms with van der Waals surface area (Å²) in [5.74, 6) is 0.126. The summed E-state index contributed by atoms with van der Waals surface area (Å²) in [6.07, 6.45) is -1.56. The Balaban J connectivity index is 1.60. The molecule has 0 bridgehead atoms. The molecule has 138 valence electrons. The number of nitrogens with one attached hydrogen (secondary N) is 1. The first-order valence-corrected chi connectivity index (χ1v) is 7.85. The lowest BCUT2D eigenvalue weighted by molar-refractivity contribution is -0.274. The van der Waals surface area contributed by atoms with Gasteiger partial charge in [-0.3, -0.25) is 0 Å². The first-order valence-electron chi connectivity index (χ1n) is 7.85. The van der Waals surface area contributed by atoms with E-state index in [9.17, 15) is 18.0 Å². The number of hydrogen-bond donors (Lipinski definition) is 1. The number of rotatable bonds is 3. The van der Waals surface area contributed by atoms with Crippen LogP contribution in [0.3, 0.4) is 0 Å². The summed E-state index contributed by atoms with van der Waals surface area (Å²) in [5, 5.41) is 2.47. The Bertz CT molecular complexity index is 749. The van der Waals surface area contributed by atoms with Crippen molar-refractivity contribution >= 4 is 17.7 Å². The average molecular weight is 367 g/mol. The number of urea groups is 1. The maximum atomic E-state index is 12.5. The number of alkyl halides is 3. The fourth-order valence-electron chi connectivity index (χ4n) is 2.54. The van der Waals surface area contributed by atoms with Crippen LogP contribution in [0.5, 0.6) is 5.75 Å². The van der Waals surface area contributed by atoms with Gasteiger partial charge in [-0.1, -0.05) is 12.1 Å². The third-order valence-corrected chi connectivity index (χ3v) is 3.76. The summed E-state index contributed by atoms with van der Waals surface area (Å²) in [6.45, 7) is 1.84. The number of amides is 2. The van der Waals surface area contributed by atoms with E-state index < -0.39 is 18.1 Å². The predicted molar refractivity (Wildman–Crippen MR) is 88.0 cm³/mol. The fraction of sp³-hybridized carbons (Fsp3) is 0.312. The van der Waals surface area contributed by atoms with Gasteiger partial charge in [0.2, 0.25) is 5.95 Å². The van der Waals surface area contributed by atoms with Gasteiger partial charge in [0.05, 0.1) is 5.69 Å². The molecule has 1 saturated heterocycles. The van der Waals surface area contributed by atoms with Crippen molar-refractivity contribution in [2.45, 2.75) is 6.36 Å². The first kappa shape index (κ1) is 17.8. The summed E-state index contributed by atoms with van der Waals surface area (Å²) in [6, 6.07) is 6.64. The minimum Gasteiger partial charge on any atom is -0.404 e. The highest BCUT2D eigenvalue weighted by Gasteiger charge is 2.32. The van der Waals surface area contributed by atoms with Crippen molar-refractivity contribution in [3.63, 3.8) is 0 Å². The molecule has 1 aliphatic heterocycles. The zero-order valence-corrected chi connectivity index (χ0v) is 13.6. The van der Waals surface area contributed by atoms with E-state index in [4.69, 9.17) is 0 Å². The summed E-state index contributed by atoms with van der Waals surface area (Å²) in [4.78, 5) is 24.1. The lowest BCUT2D eigenvalue weighted by Gasteiger charge is -2.34. The Labute approximate surface area is 147 Å². The predicted octanol–water partition coefficient (Wildman–Crippen LogP) is 2.73. The molecule has 0 radical (unpaired) electrons. The molecule has 7 nitrogen and oxygen atoms in total. The molecule has 3 rings (SSSR count). The topological polar surface area (TPSA) is 70.6 Å². The maximum Gasteiger partial charge on any atom is 0.573 e. The van der Waals surface area contributed by atoms with Gasteiger partial charge in [-0.25, -0.2) is 14.8 Å². The maximum absolute atomic E-state index is 12.5. The normalized spacial score (nSPS) is 14.9. The zero-order valence-electron chi connectivity index (χ0n) is 13.6. The largest absolute Gasteiger partial charge is 0.573 e. The van der Waals surface area contributed by atoms with Crippen LogP contribution in [0, 0.1) is 0 Å². The lowest BCUT2D eigenvalue weighted by atomic mass is 10.3. The second kappa shape index (κ2) is 7.46. The van der Waals surface area contributed by atoms with E-state index in [-0.39, 0.29) is 5.69 Å². The third-order valence-electron chi connectivity index (χ3n) is 3.76. The highest BCUT2D eigenvalue weighted by Crippen LogP contribution is 2.30. The van der Waals surface area contributed by atoms with E-state index in [2.05, 4.69) is 20.0 Å². The average Bonchev–Trinajstić information content (AvgIpc) is 2.63. The Hall–Kier alpha value is -3.04. The standard InChI is InChI=1S/C16H16F3N5O2/c17-16(18,19)26-13-5-2-1-4-12(13)22-15(25)24-10-8-23(9-11-24)14-20-6-3-7-21-14/h1-7H,8-11H2,(H,22,25). The van der Waals surface area contributed by atoms with Crippen molar-refractivity contribution in [2.75, 3.05) is 36.4 Å². The van der Waals surface area contributed by atoms with E-state index in [1.165, 1.54) is 23.1 Å². The van der Waals surface area contributed by atoms with Crippen LogP contribution >= 0.6 is 0 Å². The number of benzene rings is 1. The molecule has 2 aromatic rings. The number of piperazine rings is 1. The highest BCUT2D eigenvalue weighted by molar-refractivity contribution is 5.91. The lowest BCUT2D eigenvalue weighted by Crippen LogP contribution is -2.50. The van der Waals surface area contributed by atoms with E-state index in [1.807, 2.05) is 4.90 Å². The second-order valence-corrected chi connectivity index (χ2v) is 5.50. The van der Waals surface area contributed by atoms with Gasteiger partial charge in [0.1, 0.15) is 0 Å². The summed E-state index contributed by atoms with van der Waals surface area (Å²) < 4.78 is 41.3. The Kier molecular flexibility index (Phi) is 5.10. The molecular formula is C16H16F3N5O2. The molecule has 0 atom stereocenters. The van der Waals surface area contributed by atoms with E-state index >= 15 is 0 Å². The number of carbonyl (C=O) groups is 1. The molecule has 0 aliphatic carbocycles. The van der Waals surface area contributed by atoms with Crippen LogP contribution in [0.25, 0.3) is 0 Å². The van der Waals surface area contributed by atoms with Crippen molar-refractivity contribution in [2.24, 2.45) is 0 Å². The van der Waals surface area contributed by atoms with Crippen molar-refractivity contribution in [3.05, 3.63) is 42.7 Å². The van der Waals surface area contributed by atoms with Crippen LogP contribution in [0.15, 0.2) is 42.7 Å². The fourth-order valence-corrected chi connectivity index (χ4v) is 2.54. The van der Waals surface area contributed by atoms with Crippen molar-refractivity contribution in [1.29, 1.82) is 0 Å². The molecule has 26 heavy (non-hydrogen) atoms. The van der Waals surface area contributed by atoms with Gasteiger partial charge in [0.15, 0.2) is 5.75 Å². The van der Waals surface area contributed by atoms with Crippen LogP contribution in [0.2, 0.25) is 0 Å². The van der Waals surface area contributed by atoms with E-state index in [0.29, 0.717) is 32.1 Å². The SMILES string of the molecule is O=C(Nc1ccccc1OC(F)(F)F)N1CCN(c2ncccn2)CC1. The molecule has 10 heteroatoms. The van der Waals surface area contributed by atoms with Crippen LogP contribution in [-0.2, 0) is 0 Å². The quantitative estimate of drug-likeness (QED) is 0.903. The molecule has 1 aromatic heterocycles. The Morgan fingerprint density at radius 3 is 2.35 bits per heavy atom. The van der Waals surface area contributed by atoms with Gasteiger partial charge in [0, 0.05) is 38.6 Å². The number of hydrogen-bond acceptors (Lipinski definition) is 5. The number of nitrogens with zero attached hydrogens (tertiary/aromatic N) is 4. The Morgan fingerprint density at radius 2 is 1.69 bits per heavy atom. The monoisotopic (exact) mass is 367 g/mol. The minimum atomic E-state index is -4.83. The molecular weight excluding hydrogens is 351 g/mol. The summed E-state index contributed by atoms with van der Waals surface area (Å²) in [5.41, 5.74) is -0.0383. The second-order valence-electron chi connectivity index (χ2n) is 5.50. The zero-order chi connectivity index (χ0) is 18.6. The van der Waals surface area contributed by atoms with Crippen molar-refractivity contribution < 1.29 is 22.7 Å². The molecule has 1 N–H and O–H groups in total. The first-order chi connectivity index (χ1) is 12.4. The highest BCUT2D eigenvalue weighted by atomic mass is 19.4. The van der Waals surface area contributed by atoms with Crippen molar-refractivity contribution in [3.8, 4) is 5.75 Å². The van der Waals surface area contributed by atoms with Crippen LogP contribution in [0.4, 0.5) is 29.6 Å². The molecule has 0 saturated carbocycles. The van der Waals surface area contributed by atoms with Gasteiger partial charge >= 0.3 is 12.4 Å². The van der Waals surface area contributed by atoms with Gasteiger partial charge in [-0.2, -0.15) is 0 Å². The molecule has 1 aliphatic rings. The minimum absolute atomic E-state index is 0.0383. The summed E-state index contributed by atoms with van der Waals surface area (Å²) in [7, 11) is 0. The number of halogens is 3. The molecule has 2 heterocycles. The number of para-hydroxylation sites is 2. The third kappa shape index (κ3) is 4.52. The number of anilines is 2. The smallest absolute Gasteiger partial charge is 0.404 e. The van der Waals surface area contributed by atoms with Gasteiger partial charge in [-0.05, 0) is 18.2 Å².